The molecule has 4 N–H and O–H groups in total. The van der Waals surface area contributed by atoms with Gasteiger partial charge in [-0.25, -0.2) is 4.79 Å². The van der Waals surface area contributed by atoms with Crippen LogP contribution in [-0.2, 0) is 0 Å². The molecule has 0 aromatic heterocycles. The highest BCUT2D eigenvalue weighted by Crippen LogP contribution is 2.35. The summed E-state index contributed by atoms with van der Waals surface area (Å²) < 4.78 is 5.74. The van der Waals surface area contributed by atoms with Gasteiger partial charge < -0.3 is 20.9 Å². The molecule has 0 spiro atoms. The molecule has 0 radical (unpaired) electrons. The van der Waals surface area contributed by atoms with Gasteiger partial charge in [0.05, 0.1) is 0 Å². The van der Waals surface area contributed by atoms with Crippen molar-refractivity contribution in [3.63, 3.8) is 0 Å². The summed E-state index contributed by atoms with van der Waals surface area (Å²) in [6.45, 7) is 1.52. The van der Waals surface area contributed by atoms with Crippen molar-refractivity contribution in [3.8, 4) is 11.5 Å². The number of carbonyl (C=O) groups excluding carboxylic acids is 1. The highest BCUT2D eigenvalue weighted by Gasteiger charge is 2.40. The van der Waals surface area contributed by atoms with Crippen LogP contribution >= 0.6 is 0 Å². The van der Waals surface area contributed by atoms with Crippen molar-refractivity contribution in [2.75, 3.05) is 13.2 Å². The van der Waals surface area contributed by atoms with Crippen molar-refractivity contribution in [2.24, 2.45) is 5.73 Å². The molecule has 6 nitrogen and oxygen atoms in total. The summed E-state index contributed by atoms with van der Waals surface area (Å²) in [5, 5.41) is 12.1. The molecule has 3 rings (SSSR count). The molecular weight excluding hydrogens is 282 g/mol. The van der Waals surface area contributed by atoms with Crippen LogP contribution in [0, 0.1) is 0 Å². The van der Waals surface area contributed by atoms with Gasteiger partial charge in [0.2, 0.25) is 0 Å². The van der Waals surface area contributed by atoms with Gasteiger partial charge in [-0.2, -0.15) is 0 Å². The number of nitrogens with two attached hydrogens (primary N) is 1. The molecule has 0 aliphatic carbocycles. The molecule has 2 heterocycles. The van der Waals surface area contributed by atoms with Crippen molar-refractivity contribution in [1.29, 1.82) is 0 Å². The van der Waals surface area contributed by atoms with Gasteiger partial charge in [0.25, 0.3) is 0 Å². The lowest BCUT2D eigenvalue weighted by Crippen LogP contribution is -2.52. The van der Waals surface area contributed by atoms with Gasteiger partial charge in [-0.3, -0.25) is 4.90 Å². The van der Waals surface area contributed by atoms with Crippen molar-refractivity contribution in [3.05, 3.63) is 24.3 Å². The Labute approximate surface area is 130 Å². The number of benzene rings is 1. The van der Waals surface area contributed by atoms with E-state index in [1.165, 1.54) is 12.8 Å². The second-order valence-electron chi connectivity index (χ2n) is 6.14. The summed E-state index contributed by atoms with van der Waals surface area (Å²) in [4.78, 5) is 13.5. The Morgan fingerprint density at radius 3 is 2.50 bits per heavy atom. The molecule has 0 saturated carbocycles. The second-order valence-corrected chi connectivity index (χ2v) is 6.14. The third-order valence-corrected chi connectivity index (χ3v) is 4.69. The van der Waals surface area contributed by atoms with Gasteiger partial charge in [-0.15, -0.1) is 0 Å². The van der Waals surface area contributed by atoms with E-state index in [0.717, 1.165) is 25.1 Å². The number of primary amides is 1. The van der Waals surface area contributed by atoms with E-state index in [0.29, 0.717) is 18.7 Å². The predicted molar refractivity (Wildman–Crippen MR) is 82.9 cm³/mol. The zero-order valence-corrected chi connectivity index (χ0v) is 12.6. The number of urea groups is 1. The van der Waals surface area contributed by atoms with Gasteiger partial charge in [0.15, 0.2) is 0 Å². The van der Waals surface area contributed by atoms with Crippen LogP contribution in [0.1, 0.15) is 25.7 Å². The van der Waals surface area contributed by atoms with Crippen molar-refractivity contribution in [1.82, 2.24) is 10.2 Å². The van der Waals surface area contributed by atoms with Crippen molar-refractivity contribution >= 4 is 6.03 Å². The molecule has 1 unspecified atom stereocenters. The topological polar surface area (TPSA) is 87.8 Å². The smallest absolute Gasteiger partial charge is 0.312 e. The normalized spacial score (nSPS) is 27.5. The lowest BCUT2D eigenvalue weighted by molar-refractivity contribution is 0.1000. The highest BCUT2D eigenvalue weighted by molar-refractivity contribution is 5.72. The van der Waals surface area contributed by atoms with Crippen LogP contribution in [0.25, 0.3) is 0 Å². The number of phenolic OH excluding ortho intramolecular Hbond substituents is 1. The zero-order valence-electron chi connectivity index (χ0n) is 12.6. The first-order valence-corrected chi connectivity index (χ1v) is 7.85. The van der Waals surface area contributed by atoms with Gasteiger partial charge in [0, 0.05) is 24.7 Å². The second kappa shape index (κ2) is 6.44. The summed E-state index contributed by atoms with van der Waals surface area (Å²) >= 11 is 0. The van der Waals surface area contributed by atoms with Gasteiger partial charge >= 0.3 is 6.03 Å². The fourth-order valence-electron chi connectivity index (χ4n) is 3.77. The molecule has 1 aromatic carbocycles. The number of hydrogen-bond acceptors (Lipinski definition) is 4. The summed E-state index contributed by atoms with van der Waals surface area (Å²) in [6, 6.07) is 7.61. The Morgan fingerprint density at radius 1 is 1.27 bits per heavy atom. The van der Waals surface area contributed by atoms with Crippen LogP contribution < -0.4 is 15.8 Å². The Kier molecular flexibility index (Phi) is 4.38. The Hall–Kier alpha value is -1.95. The molecule has 2 bridgehead atoms. The monoisotopic (exact) mass is 305 g/mol. The number of fused-ring (bicyclic) bond motifs is 2. The Balaban J connectivity index is 1.48. The molecule has 120 valence electrons. The number of carbonyl (C=O) groups is 1. The average Bonchev–Trinajstić information content (AvgIpc) is 2.71. The van der Waals surface area contributed by atoms with Gasteiger partial charge in [0.1, 0.15) is 18.1 Å². The Morgan fingerprint density at radius 2 is 1.91 bits per heavy atom. The van der Waals surface area contributed by atoms with E-state index in [4.69, 9.17) is 10.5 Å². The van der Waals surface area contributed by atoms with Crippen molar-refractivity contribution in [2.45, 2.75) is 43.8 Å². The number of nitrogens with one attached hydrogen (secondary N) is 1. The number of amides is 2. The third-order valence-electron chi connectivity index (χ3n) is 4.69. The molecule has 2 aliphatic heterocycles. The summed E-state index contributed by atoms with van der Waals surface area (Å²) in [7, 11) is 0. The third kappa shape index (κ3) is 3.44. The maximum atomic E-state index is 11.0. The minimum atomic E-state index is -0.423. The molecular formula is C16H23N3O3. The van der Waals surface area contributed by atoms with Gasteiger partial charge in [-0.1, -0.05) is 0 Å². The molecule has 3 atom stereocenters. The van der Waals surface area contributed by atoms with Crippen LogP contribution in [-0.4, -0.2) is 47.3 Å². The maximum Gasteiger partial charge on any atom is 0.312 e. The summed E-state index contributed by atoms with van der Waals surface area (Å²) in [5.74, 6) is 1.02. The van der Waals surface area contributed by atoms with E-state index in [1.54, 1.807) is 24.3 Å². The van der Waals surface area contributed by atoms with E-state index in [9.17, 15) is 9.90 Å². The maximum absolute atomic E-state index is 11.0. The first-order chi connectivity index (χ1) is 10.6. The van der Waals surface area contributed by atoms with Crippen LogP contribution in [0.15, 0.2) is 24.3 Å². The number of rotatable bonds is 5. The molecule has 2 fully saturated rings. The molecule has 6 heteroatoms. The van der Waals surface area contributed by atoms with Gasteiger partial charge in [-0.05, 0) is 49.9 Å². The summed E-state index contributed by atoms with van der Waals surface area (Å²) in [6.07, 6.45) is 4.30. The summed E-state index contributed by atoms with van der Waals surface area (Å²) in [5.41, 5.74) is 5.22. The quantitative estimate of drug-likeness (QED) is 0.768. The number of hydrogen-bond donors (Lipinski definition) is 3. The van der Waals surface area contributed by atoms with Crippen LogP contribution in [0.3, 0.4) is 0 Å². The van der Waals surface area contributed by atoms with Crippen LogP contribution in [0.4, 0.5) is 4.79 Å². The SMILES string of the molecule is NC(=O)NC1C[C@H]2CC[C@@H](C1)N2CCOc1ccc(O)cc1. The first-order valence-electron chi connectivity index (χ1n) is 7.85. The number of ether oxygens (including phenoxy) is 1. The number of phenols is 1. The largest absolute Gasteiger partial charge is 0.508 e. The van der Waals surface area contributed by atoms with E-state index in [2.05, 4.69) is 10.2 Å². The minimum Gasteiger partial charge on any atom is -0.508 e. The number of nitrogens with zero attached hydrogens (tertiary/aromatic N) is 1. The van der Waals surface area contributed by atoms with E-state index >= 15 is 0 Å². The standard InChI is InChI=1S/C16H23N3O3/c17-16(21)18-11-9-12-1-2-13(10-11)19(12)7-8-22-15-5-3-14(20)4-6-15/h3-6,11-13,20H,1-2,7-10H2,(H3,17,18,21)/t11?,12-,13+. The zero-order chi connectivity index (χ0) is 15.5. The minimum absolute atomic E-state index is 0.212. The van der Waals surface area contributed by atoms with Crippen molar-refractivity contribution < 1.29 is 14.6 Å². The van der Waals surface area contributed by atoms with Crippen LogP contribution in [0.2, 0.25) is 0 Å². The first kappa shape index (κ1) is 15.0. The number of aromatic hydroxyl groups is 1. The molecule has 2 aliphatic rings. The fraction of sp³-hybridized carbons (Fsp3) is 0.562. The molecule has 2 saturated heterocycles. The lowest BCUT2D eigenvalue weighted by Gasteiger charge is -2.38. The molecule has 22 heavy (non-hydrogen) atoms. The number of piperidine rings is 1. The van der Waals surface area contributed by atoms with E-state index < -0.39 is 6.03 Å². The Bertz CT molecular complexity index is 506. The molecule has 1 aromatic rings. The lowest BCUT2D eigenvalue weighted by atomic mass is 9.97. The van der Waals surface area contributed by atoms with Crippen LogP contribution in [0.5, 0.6) is 11.5 Å². The molecule has 2 amide bonds. The predicted octanol–water partition coefficient (Wildman–Crippen LogP) is 1.43. The van der Waals surface area contributed by atoms with E-state index in [-0.39, 0.29) is 11.8 Å². The van der Waals surface area contributed by atoms with E-state index in [1.807, 2.05) is 0 Å². The highest BCUT2D eigenvalue weighted by atomic mass is 16.5. The fourth-order valence-corrected chi connectivity index (χ4v) is 3.77. The average molecular weight is 305 g/mol.